The Morgan fingerprint density at radius 1 is 0.568 bits per heavy atom. The van der Waals surface area contributed by atoms with Crippen LogP contribution in [0.4, 0.5) is 0 Å². The molecule has 0 saturated carbocycles. The molecule has 4 aromatic rings. The molecule has 0 spiro atoms. The maximum atomic E-state index is 6.02. The Kier molecular flexibility index (Phi) is 10.7. The van der Waals surface area contributed by atoms with E-state index < -0.39 is 0 Å². The van der Waals surface area contributed by atoms with Crippen molar-refractivity contribution in [2.75, 3.05) is 6.61 Å². The Balaban J connectivity index is 1.29. The second-order valence-electron chi connectivity index (χ2n) is 9.73. The molecule has 192 valence electrons. The van der Waals surface area contributed by atoms with E-state index in [2.05, 4.69) is 49.4 Å². The van der Waals surface area contributed by atoms with E-state index in [1.807, 2.05) is 48.7 Å². The van der Waals surface area contributed by atoms with Gasteiger partial charge in [0.15, 0.2) is 0 Å². The Morgan fingerprint density at radius 3 is 1.97 bits per heavy atom. The number of hydrogen-bond donors (Lipinski definition) is 0. The normalized spacial score (nSPS) is 10.9. The van der Waals surface area contributed by atoms with Gasteiger partial charge in [-0.05, 0) is 42.3 Å². The molecular weight excluding hydrogens is 452 g/mol. The number of hydrogen-bond acceptors (Lipinski definition) is 3. The zero-order valence-corrected chi connectivity index (χ0v) is 22.2. The molecule has 2 aromatic carbocycles. The van der Waals surface area contributed by atoms with Crippen LogP contribution in [-0.2, 0) is 0 Å². The summed E-state index contributed by atoms with van der Waals surface area (Å²) < 4.78 is 6.02. The van der Waals surface area contributed by atoms with Crippen molar-refractivity contribution in [1.82, 2.24) is 9.97 Å². The molecule has 2 heterocycles. The highest BCUT2D eigenvalue weighted by Gasteiger charge is 2.11. The van der Waals surface area contributed by atoms with Crippen LogP contribution in [0, 0.1) is 0 Å². The van der Waals surface area contributed by atoms with Crippen LogP contribution < -0.4 is 4.74 Å². The van der Waals surface area contributed by atoms with Crippen LogP contribution in [0.5, 0.6) is 5.75 Å². The number of unbranched alkanes of at least 4 members (excludes halogenated alkanes) is 9. The van der Waals surface area contributed by atoms with Gasteiger partial charge >= 0.3 is 0 Å². The first kappa shape index (κ1) is 26.6. The van der Waals surface area contributed by atoms with Gasteiger partial charge in [-0.2, -0.15) is 0 Å². The van der Waals surface area contributed by atoms with Crippen LogP contribution in [-0.4, -0.2) is 16.6 Å². The van der Waals surface area contributed by atoms with Gasteiger partial charge in [-0.25, -0.2) is 4.98 Å². The Hall–Kier alpha value is -3.46. The van der Waals surface area contributed by atoms with Crippen molar-refractivity contribution in [2.45, 2.75) is 71.1 Å². The molecule has 0 atom stereocenters. The summed E-state index contributed by atoms with van der Waals surface area (Å²) in [5.74, 6) is 0.925. The fourth-order valence-electron chi connectivity index (χ4n) is 4.69. The smallest absolute Gasteiger partial charge is 0.119 e. The standard InChI is InChI=1S/C34H40N2O/c1-2-3-4-5-6-7-8-9-10-14-27-37-30-24-22-28(23-25-30)31-19-16-26-35-34(31)33-21-15-20-32(36-33)29-17-12-11-13-18-29/h11-13,15-26H,2-10,14,27H2,1H3. The number of aromatic nitrogens is 2. The van der Waals surface area contributed by atoms with E-state index in [1.54, 1.807) is 0 Å². The number of ether oxygens (including phenoxy) is 1. The van der Waals surface area contributed by atoms with E-state index >= 15 is 0 Å². The van der Waals surface area contributed by atoms with Crippen molar-refractivity contribution in [3.8, 4) is 39.5 Å². The third kappa shape index (κ3) is 8.28. The summed E-state index contributed by atoms with van der Waals surface area (Å²) in [5.41, 5.74) is 6.00. The third-order valence-electron chi connectivity index (χ3n) is 6.80. The lowest BCUT2D eigenvalue weighted by Crippen LogP contribution is -1.97. The molecule has 0 amide bonds. The van der Waals surface area contributed by atoms with Crippen molar-refractivity contribution >= 4 is 0 Å². The molecule has 2 aromatic heterocycles. The van der Waals surface area contributed by atoms with Crippen LogP contribution in [0.2, 0.25) is 0 Å². The summed E-state index contributed by atoms with van der Waals surface area (Å²) in [6.45, 7) is 3.06. The lowest BCUT2D eigenvalue weighted by atomic mass is 10.0. The molecule has 0 aliphatic rings. The van der Waals surface area contributed by atoms with Gasteiger partial charge in [0.2, 0.25) is 0 Å². The summed E-state index contributed by atoms with van der Waals surface area (Å²) in [5, 5.41) is 0. The minimum atomic E-state index is 0.782. The molecule has 0 saturated heterocycles. The predicted molar refractivity (Wildman–Crippen MR) is 156 cm³/mol. The molecular formula is C34H40N2O. The molecule has 0 bridgehead atoms. The monoisotopic (exact) mass is 492 g/mol. The zero-order chi connectivity index (χ0) is 25.5. The largest absolute Gasteiger partial charge is 0.494 e. The van der Waals surface area contributed by atoms with E-state index in [-0.39, 0.29) is 0 Å². The van der Waals surface area contributed by atoms with Gasteiger partial charge in [-0.1, -0.05) is 119 Å². The number of pyridine rings is 2. The van der Waals surface area contributed by atoms with Crippen LogP contribution in [0.25, 0.3) is 33.8 Å². The van der Waals surface area contributed by atoms with Gasteiger partial charge < -0.3 is 4.74 Å². The number of nitrogens with zero attached hydrogens (tertiary/aromatic N) is 2. The summed E-state index contributed by atoms with van der Waals surface area (Å²) >= 11 is 0. The van der Waals surface area contributed by atoms with Crippen molar-refractivity contribution in [1.29, 1.82) is 0 Å². The molecule has 0 aliphatic carbocycles. The van der Waals surface area contributed by atoms with Crippen molar-refractivity contribution < 1.29 is 4.74 Å². The summed E-state index contributed by atoms with van der Waals surface area (Å²) in [6.07, 6.45) is 15.2. The van der Waals surface area contributed by atoms with E-state index in [9.17, 15) is 0 Å². The molecule has 4 rings (SSSR count). The fraction of sp³-hybridized carbons (Fsp3) is 0.353. The van der Waals surface area contributed by atoms with Gasteiger partial charge in [0.1, 0.15) is 5.75 Å². The summed E-state index contributed by atoms with van der Waals surface area (Å²) in [6, 6.07) is 28.9. The number of rotatable bonds is 15. The maximum Gasteiger partial charge on any atom is 0.119 e. The Bertz CT molecular complexity index is 1190. The van der Waals surface area contributed by atoms with E-state index in [0.29, 0.717) is 0 Å². The molecule has 0 N–H and O–H groups in total. The highest BCUT2D eigenvalue weighted by atomic mass is 16.5. The maximum absolute atomic E-state index is 6.02. The van der Waals surface area contributed by atoms with Gasteiger partial charge in [0.05, 0.1) is 23.7 Å². The zero-order valence-electron chi connectivity index (χ0n) is 22.2. The van der Waals surface area contributed by atoms with Crippen molar-refractivity contribution in [2.24, 2.45) is 0 Å². The molecule has 0 radical (unpaired) electrons. The first-order chi connectivity index (χ1) is 18.3. The lowest BCUT2D eigenvalue weighted by molar-refractivity contribution is 0.304. The molecule has 37 heavy (non-hydrogen) atoms. The third-order valence-corrected chi connectivity index (χ3v) is 6.80. The molecule has 3 heteroatoms. The minimum Gasteiger partial charge on any atom is -0.494 e. The minimum absolute atomic E-state index is 0.782. The first-order valence-corrected chi connectivity index (χ1v) is 14.1. The molecule has 0 fully saturated rings. The van der Waals surface area contributed by atoms with Gasteiger partial charge in [0, 0.05) is 17.3 Å². The molecule has 0 unspecified atom stereocenters. The fourth-order valence-corrected chi connectivity index (χ4v) is 4.69. The second kappa shape index (κ2) is 14.9. The first-order valence-electron chi connectivity index (χ1n) is 14.1. The van der Waals surface area contributed by atoms with Gasteiger partial charge in [-0.15, -0.1) is 0 Å². The van der Waals surface area contributed by atoms with Crippen LogP contribution >= 0.6 is 0 Å². The quantitative estimate of drug-likeness (QED) is 0.155. The van der Waals surface area contributed by atoms with Crippen molar-refractivity contribution in [3.05, 3.63) is 91.1 Å². The van der Waals surface area contributed by atoms with Gasteiger partial charge in [0.25, 0.3) is 0 Å². The van der Waals surface area contributed by atoms with Crippen LogP contribution in [0.15, 0.2) is 91.1 Å². The number of benzene rings is 2. The average molecular weight is 493 g/mol. The SMILES string of the molecule is CCCCCCCCCCCCOc1ccc(-c2cccnc2-c2cccc(-c3ccccc3)n2)cc1. The van der Waals surface area contributed by atoms with Crippen molar-refractivity contribution in [3.63, 3.8) is 0 Å². The van der Waals surface area contributed by atoms with Gasteiger partial charge in [-0.3, -0.25) is 4.98 Å². The molecule has 0 aliphatic heterocycles. The summed E-state index contributed by atoms with van der Waals surface area (Å²) in [4.78, 5) is 9.62. The highest BCUT2D eigenvalue weighted by molar-refractivity contribution is 5.80. The second-order valence-corrected chi connectivity index (χ2v) is 9.73. The molecule has 3 nitrogen and oxygen atoms in total. The lowest BCUT2D eigenvalue weighted by Gasteiger charge is -2.11. The van der Waals surface area contributed by atoms with E-state index in [4.69, 9.17) is 14.7 Å². The average Bonchev–Trinajstić information content (AvgIpc) is 2.97. The van der Waals surface area contributed by atoms with E-state index in [0.717, 1.165) is 52.5 Å². The topological polar surface area (TPSA) is 35.0 Å². The Labute approximate surface area is 223 Å². The summed E-state index contributed by atoms with van der Waals surface area (Å²) in [7, 11) is 0. The highest BCUT2D eigenvalue weighted by Crippen LogP contribution is 2.31. The van der Waals surface area contributed by atoms with E-state index in [1.165, 1.54) is 57.8 Å². The Morgan fingerprint density at radius 2 is 1.24 bits per heavy atom. The predicted octanol–water partition coefficient (Wildman–Crippen LogP) is 9.78. The van der Waals surface area contributed by atoms with Crippen LogP contribution in [0.1, 0.15) is 71.1 Å². The van der Waals surface area contributed by atoms with Crippen LogP contribution in [0.3, 0.4) is 0 Å².